The summed E-state index contributed by atoms with van der Waals surface area (Å²) in [5.41, 5.74) is 1.58. The maximum Gasteiger partial charge on any atom is 0.306 e. The first-order valence-corrected chi connectivity index (χ1v) is 7.36. The van der Waals surface area contributed by atoms with Gasteiger partial charge in [-0.3, -0.25) is 0 Å². The van der Waals surface area contributed by atoms with Crippen LogP contribution in [0.2, 0.25) is 0 Å². The second-order valence-corrected chi connectivity index (χ2v) is 5.76. The molecule has 0 N–H and O–H groups in total. The maximum absolute atomic E-state index is 12.5. The van der Waals surface area contributed by atoms with E-state index in [1.54, 1.807) is 12.1 Å². The van der Waals surface area contributed by atoms with E-state index in [1.165, 1.54) is 19.3 Å². The van der Waals surface area contributed by atoms with Gasteiger partial charge in [0.2, 0.25) is 0 Å². The van der Waals surface area contributed by atoms with Gasteiger partial charge in [-0.05, 0) is 37.0 Å². The molecule has 0 spiro atoms. The summed E-state index contributed by atoms with van der Waals surface area (Å²) in [6, 6.07) is 7.10. The fourth-order valence-electron chi connectivity index (χ4n) is 2.15. The number of hydrogen-bond donors (Lipinski definition) is 0. The van der Waals surface area contributed by atoms with Crippen LogP contribution in [0.3, 0.4) is 0 Å². The standard InChI is InChI=1S/C12H16FNO2S/c13-17(15,16)10-11-4-6-12(7-5-11)14-8-2-1-3-9-14/h4-7H,1-3,8-10H2. The van der Waals surface area contributed by atoms with Crippen molar-refractivity contribution in [2.24, 2.45) is 0 Å². The summed E-state index contributed by atoms with van der Waals surface area (Å²) in [6.07, 6.45) is 3.66. The van der Waals surface area contributed by atoms with E-state index in [4.69, 9.17) is 0 Å². The molecule has 0 unspecified atom stereocenters. The van der Waals surface area contributed by atoms with Crippen molar-refractivity contribution in [3.8, 4) is 0 Å². The largest absolute Gasteiger partial charge is 0.372 e. The Labute approximate surface area is 101 Å². The highest BCUT2D eigenvalue weighted by atomic mass is 32.3. The lowest BCUT2D eigenvalue weighted by Gasteiger charge is -2.28. The first-order chi connectivity index (χ1) is 8.04. The summed E-state index contributed by atoms with van der Waals surface area (Å²) in [5, 5.41) is 0. The van der Waals surface area contributed by atoms with Crippen LogP contribution in [0.15, 0.2) is 24.3 Å². The van der Waals surface area contributed by atoms with Gasteiger partial charge < -0.3 is 4.90 Å². The third-order valence-electron chi connectivity index (χ3n) is 3.00. The van der Waals surface area contributed by atoms with E-state index < -0.39 is 16.0 Å². The molecule has 3 nitrogen and oxygen atoms in total. The topological polar surface area (TPSA) is 37.4 Å². The minimum Gasteiger partial charge on any atom is -0.372 e. The molecule has 5 heteroatoms. The van der Waals surface area contributed by atoms with Crippen LogP contribution in [0.5, 0.6) is 0 Å². The van der Waals surface area contributed by atoms with Gasteiger partial charge in [0.05, 0.1) is 0 Å². The number of nitrogens with zero attached hydrogens (tertiary/aromatic N) is 1. The molecule has 17 heavy (non-hydrogen) atoms. The van der Waals surface area contributed by atoms with Gasteiger partial charge in [0.1, 0.15) is 5.75 Å². The molecular weight excluding hydrogens is 241 g/mol. The highest BCUT2D eigenvalue weighted by Crippen LogP contribution is 2.20. The Bertz CT molecular complexity index is 464. The summed E-state index contributed by atoms with van der Waals surface area (Å²) in [6.45, 7) is 2.08. The van der Waals surface area contributed by atoms with Crippen molar-refractivity contribution in [3.63, 3.8) is 0 Å². The van der Waals surface area contributed by atoms with Crippen molar-refractivity contribution in [2.45, 2.75) is 25.0 Å². The lowest BCUT2D eigenvalue weighted by molar-refractivity contribution is 0.551. The Morgan fingerprint density at radius 1 is 1.06 bits per heavy atom. The van der Waals surface area contributed by atoms with E-state index in [1.807, 2.05) is 12.1 Å². The average Bonchev–Trinajstić information content (AvgIpc) is 2.29. The SMILES string of the molecule is O=S(=O)(F)Cc1ccc(N2CCCCC2)cc1. The zero-order chi connectivity index (χ0) is 12.3. The third-order valence-corrected chi connectivity index (χ3v) is 3.67. The van der Waals surface area contributed by atoms with E-state index in [9.17, 15) is 12.3 Å². The number of halogens is 1. The minimum atomic E-state index is -4.43. The predicted molar refractivity (Wildman–Crippen MR) is 66.2 cm³/mol. The Hall–Kier alpha value is -1.10. The molecule has 0 aliphatic carbocycles. The Morgan fingerprint density at radius 3 is 2.18 bits per heavy atom. The zero-order valence-electron chi connectivity index (χ0n) is 9.60. The van der Waals surface area contributed by atoms with Crippen LogP contribution in [-0.4, -0.2) is 21.5 Å². The van der Waals surface area contributed by atoms with Gasteiger partial charge in [-0.1, -0.05) is 12.1 Å². The molecule has 0 amide bonds. The number of rotatable bonds is 3. The smallest absolute Gasteiger partial charge is 0.306 e. The lowest BCUT2D eigenvalue weighted by Crippen LogP contribution is -2.29. The van der Waals surface area contributed by atoms with Crippen molar-refractivity contribution >= 4 is 15.9 Å². The van der Waals surface area contributed by atoms with Crippen LogP contribution in [0.1, 0.15) is 24.8 Å². The van der Waals surface area contributed by atoms with Crippen LogP contribution in [0.25, 0.3) is 0 Å². The van der Waals surface area contributed by atoms with Gasteiger partial charge in [0.15, 0.2) is 0 Å². The number of hydrogen-bond acceptors (Lipinski definition) is 3. The predicted octanol–water partition coefficient (Wildman–Crippen LogP) is 2.48. The maximum atomic E-state index is 12.5. The third kappa shape index (κ3) is 3.70. The van der Waals surface area contributed by atoms with Crippen molar-refractivity contribution in [1.82, 2.24) is 0 Å². The lowest BCUT2D eigenvalue weighted by atomic mass is 10.1. The van der Waals surface area contributed by atoms with Crippen molar-refractivity contribution in [1.29, 1.82) is 0 Å². The van der Waals surface area contributed by atoms with Crippen molar-refractivity contribution in [2.75, 3.05) is 18.0 Å². The molecule has 0 aromatic heterocycles. The van der Waals surface area contributed by atoms with Crippen LogP contribution >= 0.6 is 0 Å². The first kappa shape index (κ1) is 12.4. The highest BCUT2D eigenvalue weighted by Gasteiger charge is 2.12. The molecule has 1 fully saturated rings. The quantitative estimate of drug-likeness (QED) is 0.781. The van der Waals surface area contributed by atoms with Gasteiger partial charge >= 0.3 is 10.2 Å². The molecule has 2 rings (SSSR count). The molecule has 1 saturated heterocycles. The van der Waals surface area contributed by atoms with Crippen LogP contribution in [0.4, 0.5) is 9.57 Å². The van der Waals surface area contributed by atoms with Crippen LogP contribution in [-0.2, 0) is 16.0 Å². The molecule has 0 radical (unpaired) electrons. The number of anilines is 1. The molecule has 0 saturated carbocycles. The fourth-order valence-corrected chi connectivity index (χ4v) is 2.74. The summed E-state index contributed by atoms with van der Waals surface area (Å²) in [7, 11) is -4.43. The van der Waals surface area contributed by atoms with Crippen LogP contribution < -0.4 is 4.90 Å². The summed E-state index contributed by atoms with van der Waals surface area (Å²) in [4.78, 5) is 2.28. The van der Waals surface area contributed by atoms with E-state index in [0.29, 0.717) is 5.56 Å². The molecule has 1 aromatic carbocycles. The van der Waals surface area contributed by atoms with Gasteiger partial charge in [-0.25, -0.2) is 0 Å². The Kier molecular flexibility index (Phi) is 3.66. The Balaban J connectivity index is 2.07. The molecule has 1 aliphatic heterocycles. The van der Waals surface area contributed by atoms with Crippen molar-refractivity contribution in [3.05, 3.63) is 29.8 Å². The van der Waals surface area contributed by atoms with Crippen LogP contribution in [0, 0.1) is 0 Å². The fraction of sp³-hybridized carbons (Fsp3) is 0.500. The molecule has 1 heterocycles. The average molecular weight is 257 g/mol. The zero-order valence-corrected chi connectivity index (χ0v) is 10.4. The Morgan fingerprint density at radius 2 is 1.65 bits per heavy atom. The van der Waals surface area contributed by atoms with Gasteiger partial charge in [-0.15, -0.1) is 3.89 Å². The normalized spacial score (nSPS) is 17.1. The van der Waals surface area contributed by atoms with Gasteiger partial charge in [0, 0.05) is 18.8 Å². The second kappa shape index (κ2) is 5.04. The van der Waals surface area contributed by atoms with Gasteiger partial charge in [-0.2, -0.15) is 8.42 Å². The molecule has 0 bridgehead atoms. The molecule has 1 aliphatic rings. The number of benzene rings is 1. The summed E-state index contributed by atoms with van der Waals surface area (Å²) in [5.74, 6) is -0.534. The van der Waals surface area contributed by atoms with E-state index in [-0.39, 0.29) is 0 Å². The first-order valence-electron chi connectivity index (χ1n) is 5.81. The molecule has 1 aromatic rings. The monoisotopic (exact) mass is 257 g/mol. The van der Waals surface area contributed by atoms with Gasteiger partial charge in [0.25, 0.3) is 0 Å². The molecule has 0 atom stereocenters. The summed E-state index contributed by atoms with van der Waals surface area (Å²) >= 11 is 0. The summed E-state index contributed by atoms with van der Waals surface area (Å²) < 4.78 is 33.5. The van der Waals surface area contributed by atoms with E-state index in [0.717, 1.165) is 18.8 Å². The highest BCUT2D eigenvalue weighted by molar-refractivity contribution is 7.85. The van der Waals surface area contributed by atoms with Crippen molar-refractivity contribution < 1.29 is 12.3 Å². The van der Waals surface area contributed by atoms with E-state index in [2.05, 4.69) is 4.90 Å². The molecular formula is C12H16FNO2S. The minimum absolute atomic E-state index is 0.494. The van der Waals surface area contributed by atoms with E-state index >= 15 is 0 Å². The number of piperidine rings is 1. The second-order valence-electron chi connectivity index (χ2n) is 4.40. The molecule has 94 valence electrons.